The number of amides is 1. The lowest BCUT2D eigenvalue weighted by molar-refractivity contribution is -0.130. The molecule has 0 aliphatic carbocycles. The standard InChI is InChI=1S/C15H21ClN2O/c1-12(14-4-3-5-15(16)10-14)11-17-6-8-18(9-7-17)13(2)19/h3-5,10,12H,6-9,11H2,1-2H3. The van der Waals surface area contributed by atoms with Crippen molar-refractivity contribution in [3.05, 3.63) is 34.9 Å². The summed E-state index contributed by atoms with van der Waals surface area (Å²) in [5, 5.41) is 0.797. The topological polar surface area (TPSA) is 23.6 Å². The van der Waals surface area contributed by atoms with E-state index in [-0.39, 0.29) is 5.91 Å². The lowest BCUT2D eigenvalue weighted by Crippen LogP contribution is -2.48. The molecule has 19 heavy (non-hydrogen) atoms. The first-order valence-electron chi connectivity index (χ1n) is 6.79. The van der Waals surface area contributed by atoms with E-state index in [9.17, 15) is 4.79 Å². The SMILES string of the molecule is CC(=O)N1CCN(CC(C)c2cccc(Cl)c2)CC1. The fourth-order valence-electron chi connectivity index (χ4n) is 2.55. The Morgan fingerprint density at radius 2 is 2.00 bits per heavy atom. The van der Waals surface area contributed by atoms with Gasteiger partial charge < -0.3 is 4.90 Å². The summed E-state index contributed by atoms with van der Waals surface area (Å²) in [6.07, 6.45) is 0. The van der Waals surface area contributed by atoms with Gasteiger partial charge in [0.2, 0.25) is 5.91 Å². The maximum atomic E-state index is 11.3. The van der Waals surface area contributed by atoms with E-state index in [1.807, 2.05) is 23.1 Å². The highest BCUT2D eigenvalue weighted by atomic mass is 35.5. The summed E-state index contributed by atoms with van der Waals surface area (Å²) in [5.41, 5.74) is 1.28. The predicted octanol–water partition coefficient (Wildman–Crippen LogP) is 2.61. The third-order valence-electron chi connectivity index (χ3n) is 3.77. The number of hydrogen-bond acceptors (Lipinski definition) is 2. The molecule has 0 radical (unpaired) electrons. The van der Waals surface area contributed by atoms with Crippen LogP contribution in [0.2, 0.25) is 5.02 Å². The molecule has 1 amide bonds. The van der Waals surface area contributed by atoms with Crippen molar-refractivity contribution in [1.82, 2.24) is 9.80 Å². The van der Waals surface area contributed by atoms with Crippen LogP contribution in [0.5, 0.6) is 0 Å². The van der Waals surface area contributed by atoms with Gasteiger partial charge in [-0.15, -0.1) is 0 Å². The monoisotopic (exact) mass is 280 g/mol. The molecule has 1 saturated heterocycles. The first-order chi connectivity index (χ1) is 9.06. The van der Waals surface area contributed by atoms with Crippen LogP contribution in [0.15, 0.2) is 24.3 Å². The van der Waals surface area contributed by atoms with Gasteiger partial charge in [0.25, 0.3) is 0 Å². The normalized spacial score (nSPS) is 18.4. The molecule has 1 heterocycles. The highest BCUT2D eigenvalue weighted by Crippen LogP contribution is 2.20. The van der Waals surface area contributed by atoms with Gasteiger partial charge in [-0.1, -0.05) is 30.7 Å². The van der Waals surface area contributed by atoms with Crippen LogP contribution in [0.4, 0.5) is 0 Å². The van der Waals surface area contributed by atoms with Crippen LogP contribution in [0.1, 0.15) is 25.3 Å². The lowest BCUT2D eigenvalue weighted by Gasteiger charge is -2.35. The molecule has 1 aromatic rings. The highest BCUT2D eigenvalue weighted by molar-refractivity contribution is 6.30. The van der Waals surface area contributed by atoms with Gasteiger partial charge in [-0.05, 0) is 23.6 Å². The zero-order valence-corrected chi connectivity index (χ0v) is 12.4. The van der Waals surface area contributed by atoms with Crippen LogP contribution in [-0.2, 0) is 4.79 Å². The van der Waals surface area contributed by atoms with Crippen molar-refractivity contribution in [2.45, 2.75) is 19.8 Å². The number of nitrogens with zero attached hydrogens (tertiary/aromatic N) is 2. The second-order valence-corrected chi connectivity index (χ2v) is 5.70. The smallest absolute Gasteiger partial charge is 0.219 e. The predicted molar refractivity (Wildman–Crippen MR) is 78.6 cm³/mol. The Labute approximate surface area is 120 Å². The second-order valence-electron chi connectivity index (χ2n) is 5.26. The summed E-state index contributed by atoms with van der Waals surface area (Å²) >= 11 is 6.03. The lowest BCUT2D eigenvalue weighted by atomic mass is 10.0. The Bertz CT molecular complexity index is 442. The number of benzene rings is 1. The van der Waals surface area contributed by atoms with E-state index < -0.39 is 0 Å². The third-order valence-corrected chi connectivity index (χ3v) is 4.00. The van der Waals surface area contributed by atoms with E-state index in [1.54, 1.807) is 6.92 Å². The molecular weight excluding hydrogens is 260 g/mol. The number of piperazine rings is 1. The van der Waals surface area contributed by atoms with Gasteiger partial charge in [0, 0.05) is 44.7 Å². The van der Waals surface area contributed by atoms with Crippen molar-refractivity contribution in [1.29, 1.82) is 0 Å². The molecule has 1 aliphatic rings. The molecule has 0 saturated carbocycles. The minimum Gasteiger partial charge on any atom is -0.340 e. The van der Waals surface area contributed by atoms with Crippen molar-refractivity contribution in [3.8, 4) is 0 Å². The van der Waals surface area contributed by atoms with Crippen molar-refractivity contribution >= 4 is 17.5 Å². The molecule has 0 spiro atoms. The van der Waals surface area contributed by atoms with Gasteiger partial charge in [0.1, 0.15) is 0 Å². The van der Waals surface area contributed by atoms with E-state index >= 15 is 0 Å². The molecule has 0 aromatic heterocycles. The van der Waals surface area contributed by atoms with Crippen molar-refractivity contribution in [3.63, 3.8) is 0 Å². The molecule has 0 bridgehead atoms. The van der Waals surface area contributed by atoms with Crippen LogP contribution in [0.3, 0.4) is 0 Å². The van der Waals surface area contributed by atoms with Crippen LogP contribution in [-0.4, -0.2) is 48.4 Å². The zero-order chi connectivity index (χ0) is 13.8. The molecule has 4 heteroatoms. The second kappa shape index (κ2) is 6.40. The minimum absolute atomic E-state index is 0.183. The molecule has 1 atom stereocenters. The maximum Gasteiger partial charge on any atom is 0.219 e. The fraction of sp³-hybridized carbons (Fsp3) is 0.533. The quantitative estimate of drug-likeness (QED) is 0.850. The molecule has 1 aliphatic heterocycles. The Balaban J connectivity index is 1.87. The summed E-state index contributed by atoms with van der Waals surface area (Å²) in [7, 11) is 0. The minimum atomic E-state index is 0.183. The molecule has 1 aromatic carbocycles. The fourth-order valence-corrected chi connectivity index (χ4v) is 2.75. The number of carbonyl (C=O) groups is 1. The summed E-state index contributed by atoms with van der Waals surface area (Å²) < 4.78 is 0. The Kier molecular flexibility index (Phi) is 4.83. The van der Waals surface area contributed by atoms with Crippen LogP contribution < -0.4 is 0 Å². The first-order valence-corrected chi connectivity index (χ1v) is 7.17. The van der Waals surface area contributed by atoms with E-state index in [0.717, 1.165) is 37.7 Å². The maximum absolute atomic E-state index is 11.3. The van der Waals surface area contributed by atoms with E-state index in [2.05, 4.69) is 17.9 Å². The summed E-state index contributed by atoms with van der Waals surface area (Å²) in [6.45, 7) is 8.50. The van der Waals surface area contributed by atoms with Gasteiger partial charge in [0.15, 0.2) is 0 Å². The zero-order valence-electron chi connectivity index (χ0n) is 11.6. The van der Waals surface area contributed by atoms with Crippen molar-refractivity contribution < 1.29 is 4.79 Å². The number of carbonyl (C=O) groups excluding carboxylic acids is 1. The molecule has 1 fully saturated rings. The summed E-state index contributed by atoms with van der Waals surface area (Å²) in [6, 6.07) is 8.08. The van der Waals surface area contributed by atoms with Crippen LogP contribution >= 0.6 is 11.6 Å². The molecule has 104 valence electrons. The number of rotatable bonds is 3. The number of hydrogen-bond donors (Lipinski definition) is 0. The summed E-state index contributed by atoms with van der Waals surface area (Å²) in [4.78, 5) is 15.6. The van der Waals surface area contributed by atoms with Gasteiger partial charge in [-0.3, -0.25) is 9.69 Å². The average Bonchev–Trinajstić information content (AvgIpc) is 2.39. The van der Waals surface area contributed by atoms with E-state index in [4.69, 9.17) is 11.6 Å². The van der Waals surface area contributed by atoms with E-state index in [1.165, 1.54) is 5.56 Å². The van der Waals surface area contributed by atoms with Gasteiger partial charge >= 0.3 is 0 Å². The Morgan fingerprint density at radius 1 is 1.32 bits per heavy atom. The van der Waals surface area contributed by atoms with Gasteiger partial charge in [-0.2, -0.15) is 0 Å². The highest BCUT2D eigenvalue weighted by Gasteiger charge is 2.20. The Hall–Kier alpha value is -1.06. The Morgan fingerprint density at radius 3 is 2.58 bits per heavy atom. The first kappa shape index (κ1) is 14.4. The van der Waals surface area contributed by atoms with Gasteiger partial charge in [0.05, 0.1) is 0 Å². The third kappa shape index (κ3) is 3.95. The number of halogens is 1. The van der Waals surface area contributed by atoms with Crippen molar-refractivity contribution in [2.24, 2.45) is 0 Å². The summed E-state index contributed by atoms with van der Waals surface area (Å²) in [5.74, 6) is 0.644. The van der Waals surface area contributed by atoms with Crippen molar-refractivity contribution in [2.75, 3.05) is 32.7 Å². The molecule has 3 nitrogen and oxygen atoms in total. The molecule has 0 N–H and O–H groups in total. The largest absolute Gasteiger partial charge is 0.340 e. The van der Waals surface area contributed by atoms with Crippen LogP contribution in [0.25, 0.3) is 0 Å². The van der Waals surface area contributed by atoms with Crippen LogP contribution in [0, 0.1) is 0 Å². The van der Waals surface area contributed by atoms with E-state index in [0.29, 0.717) is 5.92 Å². The molecular formula is C15H21ClN2O. The van der Waals surface area contributed by atoms with Gasteiger partial charge in [-0.25, -0.2) is 0 Å². The molecule has 1 unspecified atom stereocenters. The molecule has 2 rings (SSSR count). The average molecular weight is 281 g/mol.